The Morgan fingerprint density at radius 1 is 1.31 bits per heavy atom. The van der Waals surface area contributed by atoms with Crippen LogP contribution in [0.4, 0.5) is 0 Å². The molecule has 1 aliphatic carbocycles. The van der Waals surface area contributed by atoms with E-state index in [1.165, 1.54) is 12.8 Å². The van der Waals surface area contributed by atoms with E-state index >= 15 is 0 Å². The van der Waals surface area contributed by atoms with Gasteiger partial charge in [-0.15, -0.1) is 0 Å². The van der Waals surface area contributed by atoms with Crippen LogP contribution in [0.2, 0.25) is 0 Å². The lowest BCUT2D eigenvalue weighted by molar-refractivity contribution is 0.0689. The number of rotatable bonds is 1. The van der Waals surface area contributed by atoms with E-state index in [-0.39, 0.29) is 6.10 Å². The highest BCUT2D eigenvalue weighted by Crippen LogP contribution is 2.46. The van der Waals surface area contributed by atoms with Gasteiger partial charge in [0.2, 0.25) is 0 Å². The monoisotopic (exact) mass is 218 g/mol. The zero-order valence-electron chi connectivity index (χ0n) is 8.98. The molecule has 1 N–H and O–H groups in total. The van der Waals surface area contributed by atoms with Crippen LogP contribution in [-0.2, 0) is 0 Å². The number of aromatic carboxylic acids is 1. The molecule has 1 aromatic carbocycles. The fourth-order valence-corrected chi connectivity index (χ4v) is 2.89. The van der Waals surface area contributed by atoms with Gasteiger partial charge in [0.25, 0.3) is 0 Å². The summed E-state index contributed by atoms with van der Waals surface area (Å²) in [6.45, 7) is 0. The summed E-state index contributed by atoms with van der Waals surface area (Å²) in [4.78, 5) is 11.1. The summed E-state index contributed by atoms with van der Waals surface area (Å²) in [5.41, 5.74) is 1.41. The zero-order valence-corrected chi connectivity index (χ0v) is 8.98. The Bertz CT molecular complexity index is 439. The molecule has 1 heterocycles. The van der Waals surface area contributed by atoms with Crippen molar-refractivity contribution >= 4 is 5.97 Å². The Morgan fingerprint density at radius 3 is 2.94 bits per heavy atom. The lowest BCUT2D eigenvalue weighted by Crippen LogP contribution is -2.22. The predicted octanol–water partition coefficient (Wildman–Crippen LogP) is 2.80. The molecule has 2 atom stereocenters. The second kappa shape index (κ2) is 3.51. The third-order valence-corrected chi connectivity index (χ3v) is 3.65. The zero-order chi connectivity index (χ0) is 11.1. The molecule has 0 unspecified atom stereocenters. The maximum atomic E-state index is 11.1. The van der Waals surface area contributed by atoms with E-state index in [0.29, 0.717) is 17.2 Å². The minimum atomic E-state index is -0.893. The van der Waals surface area contributed by atoms with Gasteiger partial charge >= 0.3 is 5.97 Å². The van der Waals surface area contributed by atoms with Crippen molar-refractivity contribution in [2.45, 2.75) is 37.7 Å². The number of fused-ring (bicyclic) bond motifs is 3. The maximum absolute atomic E-state index is 11.1. The molecule has 84 valence electrons. The molecule has 1 aliphatic heterocycles. The van der Waals surface area contributed by atoms with Crippen molar-refractivity contribution in [3.8, 4) is 5.75 Å². The van der Waals surface area contributed by atoms with Crippen molar-refractivity contribution in [2.75, 3.05) is 0 Å². The lowest BCUT2D eigenvalue weighted by atomic mass is 9.83. The number of hydrogen-bond donors (Lipinski definition) is 1. The molecule has 3 rings (SSSR count). The average Bonchev–Trinajstić information content (AvgIpc) is 2.67. The summed E-state index contributed by atoms with van der Waals surface area (Å²) in [6, 6.07) is 5.46. The van der Waals surface area contributed by atoms with Crippen LogP contribution in [0.25, 0.3) is 0 Å². The maximum Gasteiger partial charge on any atom is 0.339 e. The van der Waals surface area contributed by atoms with Crippen LogP contribution in [0.3, 0.4) is 0 Å². The molecular formula is C13H14O3. The highest BCUT2D eigenvalue weighted by atomic mass is 16.5. The topological polar surface area (TPSA) is 46.5 Å². The summed E-state index contributed by atoms with van der Waals surface area (Å²) in [5, 5.41) is 9.10. The molecular weight excluding hydrogens is 204 g/mol. The minimum absolute atomic E-state index is 0.212. The van der Waals surface area contributed by atoms with Gasteiger partial charge < -0.3 is 9.84 Å². The molecule has 0 bridgehead atoms. The van der Waals surface area contributed by atoms with Gasteiger partial charge in [-0.2, -0.15) is 0 Å². The normalized spacial score (nSPS) is 26.8. The van der Waals surface area contributed by atoms with Crippen molar-refractivity contribution in [2.24, 2.45) is 0 Å². The van der Waals surface area contributed by atoms with Crippen LogP contribution in [0.5, 0.6) is 5.75 Å². The summed E-state index contributed by atoms with van der Waals surface area (Å²) in [5.74, 6) is 0.144. The summed E-state index contributed by atoms with van der Waals surface area (Å²) >= 11 is 0. The Balaban J connectivity index is 2.07. The van der Waals surface area contributed by atoms with E-state index in [2.05, 4.69) is 0 Å². The number of hydrogen-bond acceptors (Lipinski definition) is 2. The van der Waals surface area contributed by atoms with Gasteiger partial charge in [0, 0.05) is 11.5 Å². The smallest absolute Gasteiger partial charge is 0.339 e. The molecule has 1 saturated carbocycles. The molecule has 0 aromatic heterocycles. The molecule has 0 saturated heterocycles. The standard InChI is InChI=1S/C13H14O3/c14-13(15)10-6-3-5-9-8-4-1-2-7-11(8)16-12(9)10/h3,5-6,8,11H,1-2,4,7H2,(H,14,15)/t8-,11-/m1/s1. The van der Waals surface area contributed by atoms with Gasteiger partial charge in [-0.3, -0.25) is 0 Å². The fraction of sp³-hybridized carbons (Fsp3) is 0.462. The molecule has 0 spiro atoms. The van der Waals surface area contributed by atoms with Crippen LogP contribution >= 0.6 is 0 Å². The molecule has 0 radical (unpaired) electrons. The van der Waals surface area contributed by atoms with Crippen molar-refractivity contribution < 1.29 is 14.6 Å². The number of carboxylic acid groups (broad SMARTS) is 1. The van der Waals surface area contributed by atoms with E-state index in [0.717, 1.165) is 18.4 Å². The van der Waals surface area contributed by atoms with Crippen LogP contribution in [-0.4, -0.2) is 17.2 Å². The Kier molecular flexibility index (Phi) is 2.13. The number of para-hydroxylation sites is 1. The number of ether oxygens (including phenoxy) is 1. The van der Waals surface area contributed by atoms with Gasteiger partial charge in [-0.1, -0.05) is 18.6 Å². The number of carbonyl (C=O) groups is 1. The molecule has 3 nitrogen and oxygen atoms in total. The molecule has 16 heavy (non-hydrogen) atoms. The van der Waals surface area contributed by atoms with Gasteiger partial charge in [0.05, 0.1) is 0 Å². The summed E-state index contributed by atoms with van der Waals surface area (Å²) in [6.07, 6.45) is 4.81. The largest absolute Gasteiger partial charge is 0.489 e. The molecule has 1 fully saturated rings. The van der Waals surface area contributed by atoms with E-state index < -0.39 is 5.97 Å². The fourth-order valence-electron chi connectivity index (χ4n) is 2.89. The highest BCUT2D eigenvalue weighted by Gasteiger charge is 2.37. The van der Waals surface area contributed by atoms with Gasteiger partial charge in [0.15, 0.2) is 0 Å². The Labute approximate surface area is 94.0 Å². The third kappa shape index (κ3) is 1.31. The quantitative estimate of drug-likeness (QED) is 0.788. The van der Waals surface area contributed by atoms with E-state index in [1.807, 2.05) is 12.1 Å². The molecule has 3 heteroatoms. The Hall–Kier alpha value is -1.51. The first-order chi connectivity index (χ1) is 7.77. The molecule has 0 amide bonds. The van der Waals surface area contributed by atoms with E-state index in [1.54, 1.807) is 6.07 Å². The van der Waals surface area contributed by atoms with Crippen LogP contribution in [0.15, 0.2) is 18.2 Å². The Morgan fingerprint density at radius 2 is 2.12 bits per heavy atom. The minimum Gasteiger partial charge on any atom is -0.489 e. The number of carboxylic acids is 1. The first-order valence-electron chi connectivity index (χ1n) is 5.80. The van der Waals surface area contributed by atoms with Crippen LogP contribution < -0.4 is 4.74 Å². The summed E-state index contributed by atoms with van der Waals surface area (Å²) in [7, 11) is 0. The van der Waals surface area contributed by atoms with Gasteiger partial charge in [0.1, 0.15) is 17.4 Å². The van der Waals surface area contributed by atoms with E-state index in [9.17, 15) is 4.79 Å². The second-order valence-electron chi connectivity index (χ2n) is 4.58. The van der Waals surface area contributed by atoms with Gasteiger partial charge in [-0.05, 0) is 25.3 Å². The SMILES string of the molecule is O=C(O)c1cccc2c1O[C@@H]1CCCC[C@H]21. The highest BCUT2D eigenvalue weighted by molar-refractivity contribution is 5.91. The molecule has 1 aromatic rings. The predicted molar refractivity (Wildman–Crippen MR) is 59.0 cm³/mol. The first-order valence-corrected chi connectivity index (χ1v) is 5.80. The third-order valence-electron chi connectivity index (χ3n) is 3.65. The van der Waals surface area contributed by atoms with E-state index in [4.69, 9.17) is 9.84 Å². The first kappa shape index (κ1) is 9.70. The average molecular weight is 218 g/mol. The van der Waals surface area contributed by atoms with Crippen molar-refractivity contribution in [1.82, 2.24) is 0 Å². The molecule has 2 aliphatic rings. The lowest BCUT2D eigenvalue weighted by Gasteiger charge is -2.23. The number of benzene rings is 1. The summed E-state index contributed by atoms with van der Waals surface area (Å²) < 4.78 is 5.82. The van der Waals surface area contributed by atoms with Crippen molar-refractivity contribution in [3.05, 3.63) is 29.3 Å². The van der Waals surface area contributed by atoms with Crippen LogP contribution in [0.1, 0.15) is 47.5 Å². The van der Waals surface area contributed by atoms with Crippen LogP contribution in [0, 0.1) is 0 Å². The van der Waals surface area contributed by atoms with Crippen molar-refractivity contribution in [1.29, 1.82) is 0 Å². The van der Waals surface area contributed by atoms with Crippen molar-refractivity contribution in [3.63, 3.8) is 0 Å². The second-order valence-corrected chi connectivity index (χ2v) is 4.58. The van der Waals surface area contributed by atoms with Gasteiger partial charge in [-0.25, -0.2) is 4.79 Å².